The molecule has 0 heterocycles. The molecular formula is C11H14N4O. The van der Waals surface area contributed by atoms with E-state index in [1.165, 1.54) is 0 Å². The second kappa shape index (κ2) is 6.43. The number of carbonyl (C=O) groups is 1. The molecule has 0 spiro atoms. The van der Waals surface area contributed by atoms with Crippen molar-refractivity contribution in [3.63, 3.8) is 0 Å². The number of benzene rings is 1. The Morgan fingerprint density at radius 2 is 2.00 bits per heavy atom. The number of amides is 2. The summed E-state index contributed by atoms with van der Waals surface area (Å²) in [6, 6.07) is 8.46. The van der Waals surface area contributed by atoms with Crippen molar-refractivity contribution >= 4 is 11.7 Å². The zero-order chi connectivity index (χ0) is 11.8. The number of rotatable bonds is 4. The van der Waals surface area contributed by atoms with Crippen LogP contribution in [0.15, 0.2) is 24.3 Å². The summed E-state index contributed by atoms with van der Waals surface area (Å²) in [6.07, 6.45) is 0. The SMILES string of the molecule is CNCCNC(=O)Nc1ccc(C#N)cc1. The highest BCUT2D eigenvalue weighted by Gasteiger charge is 1.99. The average Bonchev–Trinajstić information content (AvgIpc) is 2.30. The summed E-state index contributed by atoms with van der Waals surface area (Å²) < 4.78 is 0. The molecule has 1 aromatic carbocycles. The lowest BCUT2D eigenvalue weighted by Crippen LogP contribution is -2.33. The Kier molecular flexibility index (Phi) is 4.83. The first-order valence-corrected chi connectivity index (χ1v) is 4.96. The van der Waals surface area contributed by atoms with E-state index in [2.05, 4.69) is 16.0 Å². The van der Waals surface area contributed by atoms with E-state index in [0.717, 1.165) is 6.54 Å². The number of nitrogens with zero attached hydrogens (tertiary/aromatic N) is 1. The largest absolute Gasteiger partial charge is 0.337 e. The van der Waals surface area contributed by atoms with Crippen LogP contribution < -0.4 is 16.0 Å². The third-order valence-electron chi connectivity index (χ3n) is 1.93. The van der Waals surface area contributed by atoms with Gasteiger partial charge in [0.15, 0.2) is 0 Å². The molecule has 0 aliphatic heterocycles. The van der Waals surface area contributed by atoms with Gasteiger partial charge >= 0.3 is 6.03 Å². The van der Waals surface area contributed by atoms with E-state index in [4.69, 9.17) is 5.26 Å². The summed E-state index contributed by atoms with van der Waals surface area (Å²) in [4.78, 5) is 11.3. The fraction of sp³-hybridized carbons (Fsp3) is 0.273. The fourth-order valence-electron chi connectivity index (χ4n) is 1.10. The van der Waals surface area contributed by atoms with Crippen LogP contribution in [0.25, 0.3) is 0 Å². The molecular weight excluding hydrogens is 204 g/mol. The maximum atomic E-state index is 11.3. The molecule has 0 atom stereocenters. The molecule has 0 aliphatic rings. The lowest BCUT2D eigenvalue weighted by atomic mass is 10.2. The molecule has 0 bridgehead atoms. The maximum absolute atomic E-state index is 11.3. The molecule has 0 aromatic heterocycles. The second-order valence-corrected chi connectivity index (χ2v) is 3.17. The van der Waals surface area contributed by atoms with Crippen LogP contribution in [0.5, 0.6) is 0 Å². The van der Waals surface area contributed by atoms with E-state index in [1.807, 2.05) is 13.1 Å². The Morgan fingerprint density at radius 1 is 1.31 bits per heavy atom. The number of hydrogen-bond acceptors (Lipinski definition) is 3. The van der Waals surface area contributed by atoms with E-state index in [9.17, 15) is 4.79 Å². The summed E-state index contributed by atoms with van der Waals surface area (Å²) in [6.45, 7) is 1.29. The van der Waals surface area contributed by atoms with Crippen LogP contribution in [0, 0.1) is 11.3 Å². The van der Waals surface area contributed by atoms with Gasteiger partial charge < -0.3 is 16.0 Å². The van der Waals surface area contributed by atoms with E-state index in [1.54, 1.807) is 24.3 Å². The van der Waals surface area contributed by atoms with Gasteiger partial charge in [-0.25, -0.2) is 4.79 Å². The summed E-state index contributed by atoms with van der Waals surface area (Å²) in [5.74, 6) is 0. The highest BCUT2D eigenvalue weighted by atomic mass is 16.2. The van der Waals surface area contributed by atoms with Crippen molar-refractivity contribution in [3.8, 4) is 6.07 Å². The number of hydrogen-bond donors (Lipinski definition) is 3. The van der Waals surface area contributed by atoms with Gasteiger partial charge in [0.2, 0.25) is 0 Å². The van der Waals surface area contributed by atoms with Crippen LogP contribution in [-0.2, 0) is 0 Å². The quantitative estimate of drug-likeness (QED) is 0.657. The highest BCUT2D eigenvalue weighted by molar-refractivity contribution is 5.89. The lowest BCUT2D eigenvalue weighted by molar-refractivity contribution is 0.252. The molecule has 0 fully saturated rings. The Bertz CT molecular complexity index is 380. The van der Waals surface area contributed by atoms with Crippen LogP contribution in [0.2, 0.25) is 0 Å². The van der Waals surface area contributed by atoms with Crippen LogP contribution >= 0.6 is 0 Å². The molecule has 84 valence electrons. The Morgan fingerprint density at radius 3 is 2.56 bits per heavy atom. The van der Waals surface area contributed by atoms with Crippen LogP contribution in [0.4, 0.5) is 10.5 Å². The number of anilines is 1. The van der Waals surface area contributed by atoms with Crippen molar-refractivity contribution in [1.82, 2.24) is 10.6 Å². The van der Waals surface area contributed by atoms with E-state index in [0.29, 0.717) is 17.8 Å². The van der Waals surface area contributed by atoms with E-state index in [-0.39, 0.29) is 6.03 Å². The monoisotopic (exact) mass is 218 g/mol. The van der Waals surface area contributed by atoms with E-state index < -0.39 is 0 Å². The van der Waals surface area contributed by atoms with Gasteiger partial charge in [-0.05, 0) is 31.3 Å². The Labute approximate surface area is 94.5 Å². The molecule has 1 rings (SSSR count). The summed E-state index contributed by atoms with van der Waals surface area (Å²) in [5, 5.41) is 16.9. The first kappa shape index (κ1) is 12.0. The molecule has 0 saturated carbocycles. The van der Waals surface area contributed by atoms with Crippen molar-refractivity contribution < 1.29 is 4.79 Å². The predicted octanol–water partition coefficient (Wildman–Crippen LogP) is 0.899. The van der Waals surface area contributed by atoms with Crippen molar-refractivity contribution in [2.45, 2.75) is 0 Å². The highest BCUT2D eigenvalue weighted by Crippen LogP contribution is 2.08. The first-order valence-electron chi connectivity index (χ1n) is 4.96. The third-order valence-corrected chi connectivity index (χ3v) is 1.93. The average molecular weight is 218 g/mol. The predicted molar refractivity (Wildman–Crippen MR) is 62.1 cm³/mol. The number of nitrogens with one attached hydrogen (secondary N) is 3. The summed E-state index contributed by atoms with van der Waals surface area (Å²) in [7, 11) is 1.82. The molecule has 5 heteroatoms. The molecule has 16 heavy (non-hydrogen) atoms. The van der Waals surface area contributed by atoms with Crippen LogP contribution in [0.3, 0.4) is 0 Å². The van der Waals surface area contributed by atoms with Crippen LogP contribution in [0.1, 0.15) is 5.56 Å². The maximum Gasteiger partial charge on any atom is 0.319 e. The zero-order valence-corrected chi connectivity index (χ0v) is 9.08. The number of carbonyl (C=O) groups excluding carboxylic acids is 1. The topological polar surface area (TPSA) is 76.9 Å². The second-order valence-electron chi connectivity index (χ2n) is 3.17. The van der Waals surface area contributed by atoms with Crippen molar-refractivity contribution in [3.05, 3.63) is 29.8 Å². The smallest absolute Gasteiger partial charge is 0.319 e. The third kappa shape index (κ3) is 3.98. The van der Waals surface area contributed by atoms with Gasteiger partial charge in [0.05, 0.1) is 11.6 Å². The van der Waals surface area contributed by atoms with Gasteiger partial charge in [0.25, 0.3) is 0 Å². The Hall–Kier alpha value is -2.06. The zero-order valence-electron chi connectivity index (χ0n) is 9.08. The molecule has 0 aliphatic carbocycles. The van der Waals surface area contributed by atoms with Crippen LogP contribution in [-0.4, -0.2) is 26.2 Å². The molecule has 2 amide bonds. The molecule has 1 aromatic rings. The standard InChI is InChI=1S/C11H14N4O/c1-13-6-7-14-11(16)15-10-4-2-9(8-12)3-5-10/h2-5,13H,6-7H2,1H3,(H2,14,15,16). The number of urea groups is 1. The van der Waals surface area contributed by atoms with Gasteiger partial charge in [0.1, 0.15) is 0 Å². The minimum atomic E-state index is -0.250. The van der Waals surface area contributed by atoms with Gasteiger partial charge in [-0.15, -0.1) is 0 Å². The van der Waals surface area contributed by atoms with Crippen molar-refractivity contribution in [2.75, 3.05) is 25.5 Å². The summed E-state index contributed by atoms with van der Waals surface area (Å²) >= 11 is 0. The normalized spacial score (nSPS) is 9.25. The first-order chi connectivity index (χ1) is 7.76. The lowest BCUT2D eigenvalue weighted by Gasteiger charge is -2.06. The van der Waals surface area contributed by atoms with E-state index >= 15 is 0 Å². The van der Waals surface area contributed by atoms with Crippen molar-refractivity contribution in [2.24, 2.45) is 0 Å². The molecule has 5 nitrogen and oxygen atoms in total. The summed E-state index contributed by atoms with van der Waals surface area (Å²) in [5.41, 5.74) is 1.24. The van der Waals surface area contributed by atoms with Gasteiger partial charge in [0, 0.05) is 18.8 Å². The Balaban J connectivity index is 2.41. The molecule has 0 radical (unpaired) electrons. The molecule has 3 N–H and O–H groups in total. The minimum Gasteiger partial charge on any atom is -0.337 e. The minimum absolute atomic E-state index is 0.250. The van der Waals surface area contributed by atoms with Crippen molar-refractivity contribution in [1.29, 1.82) is 5.26 Å². The number of likely N-dealkylation sites (N-methyl/N-ethyl adjacent to an activating group) is 1. The fourth-order valence-corrected chi connectivity index (χ4v) is 1.10. The van der Waals surface area contributed by atoms with Gasteiger partial charge in [-0.3, -0.25) is 0 Å². The molecule has 0 unspecified atom stereocenters. The van der Waals surface area contributed by atoms with Gasteiger partial charge in [-0.2, -0.15) is 5.26 Å². The number of nitriles is 1. The van der Waals surface area contributed by atoms with Gasteiger partial charge in [-0.1, -0.05) is 0 Å². The molecule has 0 saturated heterocycles.